The van der Waals surface area contributed by atoms with Crippen LogP contribution in [0.5, 0.6) is 0 Å². The molecule has 1 atom stereocenters. The van der Waals surface area contributed by atoms with Crippen molar-refractivity contribution in [3.8, 4) is 0 Å². The minimum atomic E-state index is -1.53. The largest absolute Gasteiger partial charge is 0.356 e. The van der Waals surface area contributed by atoms with Crippen LogP contribution < -0.4 is 4.90 Å². The van der Waals surface area contributed by atoms with Gasteiger partial charge in [-0.1, -0.05) is 12.1 Å². The Morgan fingerprint density at radius 3 is 2.56 bits per heavy atom. The minimum Gasteiger partial charge on any atom is -0.356 e. The van der Waals surface area contributed by atoms with Crippen molar-refractivity contribution in [3.63, 3.8) is 0 Å². The molecule has 0 radical (unpaired) electrons. The Hall–Kier alpha value is -2.13. The molecular weight excluding hydrogens is 405 g/mol. The second kappa shape index (κ2) is 7.01. The van der Waals surface area contributed by atoms with Crippen LogP contribution in [0.2, 0.25) is 0 Å². The van der Waals surface area contributed by atoms with E-state index in [0.717, 1.165) is 11.6 Å². The van der Waals surface area contributed by atoms with Gasteiger partial charge >= 0.3 is 0 Å². The average Bonchev–Trinajstić information content (AvgIpc) is 3.01. The molecule has 1 fully saturated rings. The number of benzene rings is 2. The van der Waals surface area contributed by atoms with Crippen LogP contribution in [0.25, 0.3) is 0 Å². The molecule has 1 unspecified atom stereocenters. The van der Waals surface area contributed by atoms with Crippen molar-refractivity contribution >= 4 is 27.3 Å². The van der Waals surface area contributed by atoms with E-state index in [2.05, 4.69) is 15.9 Å². The topological polar surface area (TPSA) is 55.6 Å². The Labute approximate surface area is 149 Å². The van der Waals surface area contributed by atoms with Gasteiger partial charge in [-0.05, 0) is 27.6 Å². The Bertz CT molecular complexity index is 817. The van der Waals surface area contributed by atoms with E-state index in [4.69, 9.17) is 4.74 Å². The Morgan fingerprint density at radius 2 is 1.92 bits per heavy atom. The van der Waals surface area contributed by atoms with Gasteiger partial charge in [-0.2, -0.15) is 0 Å². The summed E-state index contributed by atoms with van der Waals surface area (Å²) in [4.78, 5) is 11.6. The first-order valence-corrected chi connectivity index (χ1v) is 8.09. The number of anilines is 1. The van der Waals surface area contributed by atoms with E-state index < -0.39 is 22.4 Å². The maximum absolute atomic E-state index is 14.0. The third-order valence-corrected chi connectivity index (χ3v) is 4.51. The standard InChI is InChI=1S/C16H12BrF3N2O3/c17-12-6-13(18)14(19)15(20)16(12)21-7-11(25-8-21)5-9-1-3-10(4-2-9)22(23)24/h1-4,6,11H,5,7-8H2. The lowest BCUT2D eigenvalue weighted by molar-refractivity contribution is -0.384. The van der Waals surface area contributed by atoms with E-state index in [9.17, 15) is 23.3 Å². The third-order valence-electron chi connectivity index (χ3n) is 3.91. The molecule has 1 aliphatic rings. The fourth-order valence-corrected chi connectivity index (χ4v) is 3.31. The van der Waals surface area contributed by atoms with Crippen molar-refractivity contribution in [1.29, 1.82) is 0 Å². The molecule has 0 bridgehead atoms. The molecule has 3 rings (SSSR count). The Morgan fingerprint density at radius 1 is 1.24 bits per heavy atom. The van der Waals surface area contributed by atoms with Gasteiger partial charge in [-0.3, -0.25) is 10.1 Å². The van der Waals surface area contributed by atoms with E-state index in [0.29, 0.717) is 6.42 Å². The lowest BCUT2D eigenvalue weighted by atomic mass is 10.1. The third kappa shape index (κ3) is 3.62. The Kier molecular flexibility index (Phi) is 4.96. The molecule has 1 heterocycles. The van der Waals surface area contributed by atoms with Crippen molar-refractivity contribution in [1.82, 2.24) is 0 Å². The van der Waals surface area contributed by atoms with Crippen LogP contribution in [0.4, 0.5) is 24.5 Å². The van der Waals surface area contributed by atoms with Gasteiger partial charge in [0.2, 0.25) is 0 Å². The van der Waals surface area contributed by atoms with Gasteiger partial charge in [0.15, 0.2) is 17.5 Å². The number of hydrogen-bond acceptors (Lipinski definition) is 4. The first-order chi connectivity index (χ1) is 11.9. The molecule has 0 amide bonds. The number of hydrogen-bond donors (Lipinski definition) is 0. The van der Waals surface area contributed by atoms with Gasteiger partial charge in [0.25, 0.3) is 5.69 Å². The predicted octanol–water partition coefficient (Wildman–Crippen LogP) is 4.18. The summed E-state index contributed by atoms with van der Waals surface area (Å²) in [6.45, 7) is 0.301. The molecule has 1 aliphatic heterocycles. The molecule has 0 spiro atoms. The SMILES string of the molecule is O=[N+]([O-])c1ccc(CC2CN(c3c(Br)cc(F)c(F)c3F)CO2)cc1. The van der Waals surface area contributed by atoms with Gasteiger partial charge < -0.3 is 9.64 Å². The van der Waals surface area contributed by atoms with Crippen LogP contribution in [0.3, 0.4) is 0 Å². The summed E-state index contributed by atoms with van der Waals surface area (Å²) in [5, 5.41) is 10.6. The second-order valence-corrected chi connectivity index (χ2v) is 6.44. The molecule has 1 saturated heterocycles. The normalized spacial score (nSPS) is 17.1. The lowest BCUT2D eigenvalue weighted by Gasteiger charge is -2.19. The molecule has 0 aromatic heterocycles. The number of rotatable bonds is 4. The maximum Gasteiger partial charge on any atom is 0.269 e. The van der Waals surface area contributed by atoms with E-state index in [1.165, 1.54) is 17.0 Å². The van der Waals surface area contributed by atoms with Crippen LogP contribution >= 0.6 is 15.9 Å². The lowest BCUT2D eigenvalue weighted by Crippen LogP contribution is -2.24. The molecule has 5 nitrogen and oxygen atoms in total. The minimum absolute atomic E-state index is 0.00879. The predicted molar refractivity (Wildman–Crippen MR) is 87.9 cm³/mol. The summed E-state index contributed by atoms with van der Waals surface area (Å²) >= 11 is 3.04. The van der Waals surface area contributed by atoms with E-state index in [-0.39, 0.29) is 35.2 Å². The number of ether oxygens (including phenoxy) is 1. The van der Waals surface area contributed by atoms with Crippen LogP contribution in [-0.2, 0) is 11.2 Å². The van der Waals surface area contributed by atoms with Crippen LogP contribution in [0.15, 0.2) is 34.8 Å². The zero-order chi connectivity index (χ0) is 18.1. The zero-order valence-corrected chi connectivity index (χ0v) is 14.3. The molecule has 9 heteroatoms. The second-order valence-electron chi connectivity index (χ2n) is 5.58. The summed E-state index contributed by atoms with van der Waals surface area (Å²) in [6, 6.07) is 6.91. The Balaban J connectivity index is 1.72. The van der Waals surface area contributed by atoms with Crippen molar-refractivity contribution in [2.45, 2.75) is 12.5 Å². The van der Waals surface area contributed by atoms with E-state index >= 15 is 0 Å². The highest BCUT2D eigenvalue weighted by Gasteiger charge is 2.29. The highest BCUT2D eigenvalue weighted by molar-refractivity contribution is 9.10. The van der Waals surface area contributed by atoms with Crippen LogP contribution in [0, 0.1) is 27.6 Å². The summed E-state index contributed by atoms with van der Waals surface area (Å²) in [6.07, 6.45) is 0.151. The van der Waals surface area contributed by atoms with Crippen LogP contribution in [-0.4, -0.2) is 24.3 Å². The van der Waals surface area contributed by atoms with E-state index in [1.54, 1.807) is 12.1 Å². The fourth-order valence-electron chi connectivity index (χ4n) is 2.69. The highest BCUT2D eigenvalue weighted by atomic mass is 79.9. The molecule has 2 aromatic rings. The summed E-state index contributed by atoms with van der Waals surface area (Å²) < 4.78 is 46.4. The summed E-state index contributed by atoms with van der Waals surface area (Å²) in [5.74, 6) is -4.07. The number of nitro groups is 1. The molecule has 0 saturated carbocycles. The monoisotopic (exact) mass is 416 g/mol. The molecule has 0 N–H and O–H groups in total. The molecule has 25 heavy (non-hydrogen) atoms. The maximum atomic E-state index is 14.0. The molecule has 2 aromatic carbocycles. The molecule has 132 valence electrons. The van der Waals surface area contributed by atoms with Crippen molar-refractivity contribution in [3.05, 3.63) is 67.9 Å². The van der Waals surface area contributed by atoms with Gasteiger partial charge in [0, 0.05) is 29.6 Å². The van der Waals surface area contributed by atoms with Gasteiger partial charge in [0.05, 0.1) is 16.7 Å². The first kappa shape index (κ1) is 17.7. The number of nitrogens with zero attached hydrogens (tertiary/aromatic N) is 2. The van der Waals surface area contributed by atoms with Gasteiger partial charge in [0.1, 0.15) is 6.73 Å². The number of non-ortho nitro benzene ring substituents is 1. The summed E-state index contributed by atoms with van der Waals surface area (Å²) in [5.41, 5.74) is 0.720. The van der Waals surface area contributed by atoms with Crippen molar-refractivity contribution < 1.29 is 22.8 Å². The van der Waals surface area contributed by atoms with Crippen molar-refractivity contribution in [2.24, 2.45) is 0 Å². The quantitative estimate of drug-likeness (QED) is 0.324. The summed E-state index contributed by atoms with van der Waals surface area (Å²) in [7, 11) is 0. The van der Waals surface area contributed by atoms with Crippen molar-refractivity contribution in [2.75, 3.05) is 18.2 Å². The smallest absolute Gasteiger partial charge is 0.269 e. The number of nitro benzene ring substituents is 1. The highest BCUT2D eigenvalue weighted by Crippen LogP contribution is 2.34. The van der Waals surface area contributed by atoms with Gasteiger partial charge in [-0.25, -0.2) is 13.2 Å². The molecule has 0 aliphatic carbocycles. The average molecular weight is 417 g/mol. The zero-order valence-electron chi connectivity index (χ0n) is 12.7. The first-order valence-electron chi connectivity index (χ1n) is 7.29. The fraction of sp³-hybridized carbons (Fsp3) is 0.250. The van der Waals surface area contributed by atoms with Crippen LogP contribution in [0.1, 0.15) is 5.56 Å². The number of halogens is 4. The van der Waals surface area contributed by atoms with E-state index in [1.807, 2.05) is 0 Å². The molecular formula is C16H12BrF3N2O3. The van der Waals surface area contributed by atoms with Gasteiger partial charge in [-0.15, -0.1) is 0 Å².